The summed E-state index contributed by atoms with van der Waals surface area (Å²) in [6, 6.07) is 8.31. The second kappa shape index (κ2) is 5.87. The van der Waals surface area contributed by atoms with Gasteiger partial charge in [-0.25, -0.2) is 0 Å². The summed E-state index contributed by atoms with van der Waals surface area (Å²) in [4.78, 5) is 24.9. The average molecular weight is 260 g/mol. The first-order valence-electron chi connectivity index (χ1n) is 6.65. The summed E-state index contributed by atoms with van der Waals surface area (Å²) < 4.78 is 0. The van der Waals surface area contributed by atoms with Crippen LogP contribution in [0.3, 0.4) is 0 Å². The predicted molar refractivity (Wildman–Crippen MR) is 73.4 cm³/mol. The maximum atomic E-state index is 11.8. The fraction of sp³-hybridized carbons (Fsp3) is 0.467. The zero-order chi connectivity index (χ0) is 13.8. The van der Waals surface area contributed by atoms with E-state index in [-0.39, 0.29) is 24.4 Å². The molecule has 1 saturated carbocycles. The van der Waals surface area contributed by atoms with E-state index >= 15 is 0 Å². The van der Waals surface area contributed by atoms with Gasteiger partial charge in [0.15, 0.2) is 0 Å². The molecule has 2 amide bonds. The standard InChI is InChI=1S/C15H20N2O2/c1-11-4-3-5-13(8-11)9-16-15(19)10-17(12(2)18)14-6-7-14/h3-5,8,14H,6-7,9-10H2,1-2H3,(H,16,19). The Hall–Kier alpha value is -1.84. The van der Waals surface area contributed by atoms with Crippen LogP contribution < -0.4 is 5.32 Å². The third-order valence-electron chi connectivity index (χ3n) is 3.28. The summed E-state index contributed by atoms with van der Waals surface area (Å²) in [5.74, 6) is -0.114. The van der Waals surface area contributed by atoms with Crippen LogP contribution >= 0.6 is 0 Å². The highest BCUT2D eigenvalue weighted by molar-refractivity contribution is 5.84. The maximum absolute atomic E-state index is 11.8. The number of rotatable bonds is 5. The number of hydrogen-bond acceptors (Lipinski definition) is 2. The molecule has 0 heterocycles. The number of carbonyl (C=O) groups is 2. The minimum Gasteiger partial charge on any atom is -0.350 e. The van der Waals surface area contributed by atoms with E-state index in [0.717, 1.165) is 18.4 Å². The first kappa shape index (κ1) is 13.6. The summed E-state index contributed by atoms with van der Waals surface area (Å²) in [6.07, 6.45) is 2.04. The fourth-order valence-electron chi connectivity index (χ4n) is 2.12. The number of benzene rings is 1. The Morgan fingerprint density at radius 3 is 2.68 bits per heavy atom. The van der Waals surface area contributed by atoms with Crippen molar-refractivity contribution in [1.29, 1.82) is 0 Å². The molecule has 0 aromatic heterocycles. The van der Waals surface area contributed by atoms with Crippen molar-refractivity contribution in [2.45, 2.75) is 39.3 Å². The van der Waals surface area contributed by atoms with E-state index in [2.05, 4.69) is 5.32 Å². The number of hydrogen-bond donors (Lipinski definition) is 1. The summed E-state index contributed by atoms with van der Waals surface area (Å²) >= 11 is 0. The van der Waals surface area contributed by atoms with E-state index in [1.54, 1.807) is 4.90 Å². The number of amides is 2. The molecule has 0 unspecified atom stereocenters. The molecule has 19 heavy (non-hydrogen) atoms. The largest absolute Gasteiger partial charge is 0.350 e. The molecule has 0 spiro atoms. The monoisotopic (exact) mass is 260 g/mol. The molecule has 1 aliphatic rings. The zero-order valence-corrected chi connectivity index (χ0v) is 11.5. The van der Waals surface area contributed by atoms with Crippen LogP contribution in [0.15, 0.2) is 24.3 Å². The van der Waals surface area contributed by atoms with Crippen LogP contribution in [0.5, 0.6) is 0 Å². The molecule has 2 rings (SSSR count). The highest BCUT2D eigenvalue weighted by Gasteiger charge is 2.31. The quantitative estimate of drug-likeness (QED) is 0.874. The lowest BCUT2D eigenvalue weighted by Crippen LogP contribution is -2.40. The molecule has 0 aliphatic heterocycles. The Kier molecular flexibility index (Phi) is 4.20. The van der Waals surface area contributed by atoms with E-state index in [9.17, 15) is 9.59 Å². The Morgan fingerprint density at radius 1 is 1.37 bits per heavy atom. The fourth-order valence-corrected chi connectivity index (χ4v) is 2.12. The highest BCUT2D eigenvalue weighted by atomic mass is 16.2. The molecular weight excluding hydrogens is 240 g/mol. The third-order valence-corrected chi connectivity index (χ3v) is 3.28. The lowest BCUT2D eigenvalue weighted by Gasteiger charge is -2.19. The van der Waals surface area contributed by atoms with Gasteiger partial charge in [-0.05, 0) is 25.3 Å². The van der Waals surface area contributed by atoms with E-state index in [4.69, 9.17) is 0 Å². The van der Waals surface area contributed by atoms with Crippen molar-refractivity contribution in [2.75, 3.05) is 6.54 Å². The first-order valence-corrected chi connectivity index (χ1v) is 6.65. The number of carbonyl (C=O) groups excluding carboxylic acids is 2. The van der Waals surface area contributed by atoms with E-state index < -0.39 is 0 Å². The van der Waals surface area contributed by atoms with Crippen molar-refractivity contribution in [3.05, 3.63) is 35.4 Å². The van der Waals surface area contributed by atoms with Crippen molar-refractivity contribution in [2.24, 2.45) is 0 Å². The summed E-state index contributed by atoms with van der Waals surface area (Å²) in [6.45, 7) is 4.23. The van der Waals surface area contributed by atoms with Gasteiger partial charge in [-0.1, -0.05) is 29.8 Å². The topological polar surface area (TPSA) is 49.4 Å². The molecule has 1 aromatic rings. The molecule has 102 valence electrons. The van der Waals surface area contributed by atoms with Gasteiger partial charge in [-0.15, -0.1) is 0 Å². The third kappa shape index (κ3) is 4.09. The van der Waals surface area contributed by atoms with E-state index in [1.807, 2.05) is 31.2 Å². The summed E-state index contributed by atoms with van der Waals surface area (Å²) in [5.41, 5.74) is 2.25. The molecule has 1 aromatic carbocycles. The molecule has 0 atom stereocenters. The predicted octanol–water partition coefficient (Wildman–Crippen LogP) is 1.62. The zero-order valence-electron chi connectivity index (χ0n) is 11.5. The van der Waals surface area contributed by atoms with E-state index in [1.165, 1.54) is 12.5 Å². The van der Waals surface area contributed by atoms with Crippen LogP contribution in [-0.2, 0) is 16.1 Å². The molecule has 1 aliphatic carbocycles. The summed E-state index contributed by atoms with van der Waals surface area (Å²) in [5, 5.41) is 2.86. The van der Waals surface area contributed by atoms with Crippen LogP contribution in [-0.4, -0.2) is 29.3 Å². The van der Waals surface area contributed by atoms with Crippen LogP contribution in [0.4, 0.5) is 0 Å². The Bertz CT molecular complexity index is 481. The van der Waals surface area contributed by atoms with Gasteiger partial charge in [0.05, 0.1) is 6.54 Å². The van der Waals surface area contributed by atoms with Crippen molar-refractivity contribution in [3.63, 3.8) is 0 Å². The van der Waals surface area contributed by atoms with Crippen molar-refractivity contribution in [3.8, 4) is 0 Å². The van der Waals surface area contributed by atoms with Gasteiger partial charge in [0.2, 0.25) is 11.8 Å². The van der Waals surface area contributed by atoms with Gasteiger partial charge in [0, 0.05) is 19.5 Å². The number of nitrogens with one attached hydrogen (secondary N) is 1. The lowest BCUT2D eigenvalue weighted by molar-refractivity contribution is -0.134. The van der Waals surface area contributed by atoms with Crippen LogP contribution in [0.25, 0.3) is 0 Å². The number of aryl methyl sites for hydroxylation is 1. The normalized spacial score (nSPS) is 14.0. The SMILES string of the molecule is CC(=O)N(CC(=O)NCc1cccc(C)c1)C1CC1. The summed E-state index contributed by atoms with van der Waals surface area (Å²) in [7, 11) is 0. The lowest BCUT2D eigenvalue weighted by atomic mass is 10.1. The smallest absolute Gasteiger partial charge is 0.239 e. The molecular formula is C15H20N2O2. The maximum Gasteiger partial charge on any atom is 0.239 e. The minimum absolute atomic E-state index is 0.0202. The van der Waals surface area contributed by atoms with Gasteiger partial charge >= 0.3 is 0 Å². The van der Waals surface area contributed by atoms with Gasteiger partial charge in [-0.2, -0.15) is 0 Å². The number of nitrogens with zero attached hydrogens (tertiary/aromatic N) is 1. The highest BCUT2D eigenvalue weighted by Crippen LogP contribution is 2.26. The van der Waals surface area contributed by atoms with Crippen molar-refractivity contribution < 1.29 is 9.59 Å². The molecule has 4 nitrogen and oxygen atoms in total. The van der Waals surface area contributed by atoms with Crippen LogP contribution in [0.2, 0.25) is 0 Å². The molecule has 1 N–H and O–H groups in total. The molecule has 4 heteroatoms. The van der Waals surface area contributed by atoms with Gasteiger partial charge < -0.3 is 10.2 Å². The van der Waals surface area contributed by atoms with Crippen molar-refractivity contribution >= 4 is 11.8 Å². The first-order chi connectivity index (χ1) is 9.06. The minimum atomic E-state index is -0.0939. The van der Waals surface area contributed by atoms with Gasteiger partial charge in [0.25, 0.3) is 0 Å². The van der Waals surface area contributed by atoms with E-state index in [0.29, 0.717) is 6.54 Å². The van der Waals surface area contributed by atoms with Crippen molar-refractivity contribution in [1.82, 2.24) is 10.2 Å². The van der Waals surface area contributed by atoms with Crippen LogP contribution in [0.1, 0.15) is 30.9 Å². The molecule has 1 fully saturated rings. The second-order valence-electron chi connectivity index (χ2n) is 5.14. The van der Waals surface area contributed by atoms with Gasteiger partial charge in [-0.3, -0.25) is 9.59 Å². The second-order valence-corrected chi connectivity index (χ2v) is 5.14. The Morgan fingerprint density at radius 2 is 2.11 bits per heavy atom. The molecule has 0 radical (unpaired) electrons. The average Bonchev–Trinajstić information content (AvgIpc) is 3.17. The Labute approximate surface area is 113 Å². The molecule has 0 saturated heterocycles. The Balaban J connectivity index is 1.82. The van der Waals surface area contributed by atoms with Crippen LogP contribution in [0, 0.1) is 6.92 Å². The van der Waals surface area contributed by atoms with Gasteiger partial charge in [0.1, 0.15) is 0 Å². The molecule has 0 bridgehead atoms.